The van der Waals surface area contributed by atoms with Gasteiger partial charge in [-0.15, -0.1) is 0 Å². The van der Waals surface area contributed by atoms with Crippen LogP contribution in [-0.2, 0) is 6.42 Å². The van der Waals surface area contributed by atoms with E-state index in [1.165, 1.54) is 30.5 Å². The molecule has 0 saturated heterocycles. The van der Waals surface area contributed by atoms with Gasteiger partial charge in [-0.05, 0) is 49.3 Å². The number of benzene rings is 1. The van der Waals surface area contributed by atoms with Crippen LogP contribution in [0.1, 0.15) is 30.4 Å². The van der Waals surface area contributed by atoms with Gasteiger partial charge in [0.15, 0.2) is 0 Å². The van der Waals surface area contributed by atoms with Crippen molar-refractivity contribution >= 4 is 5.69 Å². The first-order valence-corrected chi connectivity index (χ1v) is 5.66. The van der Waals surface area contributed by atoms with E-state index >= 15 is 0 Å². The van der Waals surface area contributed by atoms with E-state index in [4.69, 9.17) is 5.26 Å². The molecule has 2 aliphatic rings. The summed E-state index contributed by atoms with van der Waals surface area (Å²) in [5.74, 6) is 0.892. The Morgan fingerprint density at radius 3 is 2.87 bits per heavy atom. The molecule has 0 spiro atoms. The SMILES string of the molecule is N#Cc1ccc2c(c1)NC(C1CC1)CC2. The maximum atomic E-state index is 8.85. The van der Waals surface area contributed by atoms with Gasteiger partial charge in [-0.25, -0.2) is 0 Å². The van der Waals surface area contributed by atoms with Gasteiger partial charge in [0.05, 0.1) is 11.6 Å². The lowest BCUT2D eigenvalue weighted by Gasteiger charge is -2.27. The van der Waals surface area contributed by atoms with E-state index in [0.29, 0.717) is 6.04 Å². The molecule has 1 aromatic carbocycles. The first kappa shape index (κ1) is 8.79. The summed E-state index contributed by atoms with van der Waals surface area (Å²) in [6, 6.07) is 8.85. The van der Waals surface area contributed by atoms with Gasteiger partial charge in [-0.2, -0.15) is 5.26 Å². The second-order valence-electron chi connectivity index (χ2n) is 4.61. The Morgan fingerprint density at radius 2 is 2.13 bits per heavy atom. The van der Waals surface area contributed by atoms with E-state index in [2.05, 4.69) is 17.5 Å². The number of rotatable bonds is 1. The van der Waals surface area contributed by atoms with Gasteiger partial charge in [-0.3, -0.25) is 0 Å². The van der Waals surface area contributed by atoms with Crippen LogP contribution < -0.4 is 5.32 Å². The van der Waals surface area contributed by atoms with Crippen LogP contribution >= 0.6 is 0 Å². The van der Waals surface area contributed by atoms with Crippen LogP contribution in [0.25, 0.3) is 0 Å². The monoisotopic (exact) mass is 198 g/mol. The molecule has 1 aliphatic carbocycles. The summed E-state index contributed by atoms with van der Waals surface area (Å²) in [6.45, 7) is 0. The number of nitrogens with zero attached hydrogens (tertiary/aromatic N) is 1. The van der Waals surface area contributed by atoms with Gasteiger partial charge in [0.2, 0.25) is 0 Å². The molecule has 0 radical (unpaired) electrons. The summed E-state index contributed by atoms with van der Waals surface area (Å²) < 4.78 is 0. The van der Waals surface area contributed by atoms with E-state index in [-0.39, 0.29) is 0 Å². The van der Waals surface area contributed by atoms with Crippen molar-refractivity contribution in [1.29, 1.82) is 5.26 Å². The second-order valence-corrected chi connectivity index (χ2v) is 4.61. The summed E-state index contributed by atoms with van der Waals surface area (Å²) in [5.41, 5.74) is 3.32. The van der Waals surface area contributed by atoms with E-state index in [9.17, 15) is 0 Å². The fourth-order valence-electron chi connectivity index (χ4n) is 2.43. The molecule has 0 amide bonds. The molecule has 1 aromatic rings. The summed E-state index contributed by atoms with van der Waals surface area (Å²) in [4.78, 5) is 0. The third-order valence-corrected chi connectivity index (χ3v) is 3.50. The summed E-state index contributed by atoms with van der Waals surface area (Å²) in [7, 11) is 0. The lowest BCUT2D eigenvalue weighted by Crippen LogP contribution is -2.27. The van der Waals surface area contributed by atoms with Crippen LogP contribution in [0, 0.1) is 17.2 Å². The lowest BCUT2D eigenvalue weighted by molar-refractivity contribution is 0.569. The van der Waals surface area contributed by atoms with Crippen molar-refractivity contribution in [2.45, 2.75) is 31.7 Å². The lowest BCUT2D eigenvalue weighted by atomic mass is 9.94. The zero-order valence-corrected chi connectivity index (χ0v) is 8.66. The molecule has 2 nitrogen and oxygen atoms in total. The minimum atomic E-state index is 0.659. The number of nitrogens with one attached hydrogen (secondary N) is 1. The van der Waals surface area contributed by atoms with Crippen molar-refractivity contribution in [3.63, 3.8) is 0 Å². The molecule has 3 rings (SSSR count). The number of anilines is 1. The highest BCUT2D eigenvalue weighted by atomic mass is 14.9. The third-order valence-electron chi connectivity index (χ3n) is 3.50. The molecule has 1 N–H and O–H groups in total. The Bertz CT molecular complexity index is 427. The Balaban J connectivity index is 1.89. The van der Waals surface area contributed by atoms with Gasteiger partial charge < -0.3 is 5.32 Å². The number of aryl methyl sites for hydroxylation is 1. The normalized spacial score (nSPS) is 23.8. The smallest absolute Gasteiger partial charge is 0.0992 e. The largest absolute Gasteiger partial charge is 0.382 e. The van der Waals surface area contributed by atoms with Gasteiger partial charge in [0.25, 0.3) is 0 Å². The summed E-state index contributed by atoms with van der Waals surface area (Å²) in [5, 5.41) is 12.4. The maximum absolute atomic E-state index is 8.85. The molecular formula is C13H14N2. The molecular weight excluding hydrogens is 184 g/mol. The second kappa shape index (κ2) is 3.27. The van der Waals surface area contributed by atoms with Gasteiger partial charge in [0.1, 0.15) is 0 Å². The standard InChI is InChI=1S/C13H14N2/c14-8-9-1-2-11-5-6-12(10-3-4-10)15-13(11)7-9/h1-2,7,10,12,15H,3-6H2. The Morgan fingerprint density at radius 1 is 1.27 bits per heavy atom. The maximum Gasteiger partial charge on any atom is 0.0992 e. The molecule has 15 heavy (non-hydrogen) atoms. The van der Waals surface area contributed by atoms with E-state index in [1.807, 2.05) is 12.1 Å². The number of hydrogen-bond acceptors (Lipinski definition) is 2. The van der Waals surface area contributed by atoms with Crippen LogP contribution in [0.15, 0.2) is 18.2 Å². The Kier molecular flexibility index (Phi) is 1.92. The molecule has 1 saturated carbocycles. The molecule has 2 heteroatoms. The fourth-order valence-corrected chi connectivity index (χ4v) is 2.43. The van der Waals surface area contributed by atoms with Crippen LogP contribution in [0.4, 0.5) is 5.69 Å². The van der Waals surface area contributed by atoms with Crippen LogP contribution in [0.3, 0.4) is 0 Å². The molecule has 1 unspecified atom stereocenters. The van der Waals surface area contributed by atoms with Crippen molar-refractivity contribution < 1.29 is 0 Å². The van der Waals surface area contributed by atoms with Crippen molar-refractivity contribution in [3.8, 4) is 6.07 Å². The van der Waals surface area contributed by atoms with Gasteiger partial charge >= 0.3 is 0 Å². The fraction of sp³-hybridized carbons (Fsp3) is 0.462. The zero-order valence-electron chi connectivity index (χ0n) is 8.66. The number of hydrogen-bond donors (Lipinski definition) is 1. The van der Waals surface area contributed by atoms with E-state index in [0.717, 1.165) is 17.9 Å². The van der Waals surface area contributed by atoms with Crippen LogP contribution in [-0.4, -0.2) is 6.04 Å². The van der Waals surface area contributed by atoms with Gasteiger partial charge in [0, 0.05) is 11.7 Å². The topological polar surface area (TPSA) is 35.8 Å². The Hall–Kier alpha value is -1.49. The predicted octanol–water partition coefficient (Wildman–Crippen LogP) is 2.69. The first-order chi connectivity index (χ1) is 7.36. The zero-order chi connectivity index (χ0) is 10.3. The highest BCUT2D eigenvalue weighted by molar-refractivity contribution is 5.58. The minimum Gasteiger partial charge on any atom is -0.382 e. The quantitative estimate of drug-likeness (QED) is 0.753. The van der Waals surface area contributed by atoms with Crippen molar-refractivity contribution in [2.75, 3.05) is 5.32 Å². The van der Waals surface area contributed by atoms with Crippen molar-refractivity contribution in [1.82, 2.24) is 0 Å². The predicted molar refractivity (Wildman–Crippen MR) is 59.6 cm³/mol. The average Bonchev–Trinajstić information content (AvgIpc) is 3.11. The molecule has 76 valence electrons. The molecule has 1 fully saturated rings. The highest BCUT2D eigenvalue weighted by Gasteiger charge is 2.33. The summed E-state index contributed by atoms with van der Waals surface area (Å²) >= 11 is 0. The number of fused-ring (bicyclic) bond motifs is 1. The van der Waals surface area contributed by atoms with Crippen LogP contribution in [0.5, 0.6) is 0 Å². The van der Waals surface area contributed by atoms with Gasteiger partial charge in [-0.1, -0.05) is 6.07 Å². The molecule has 0 bridgehead atoms. The molecule has 0 aromatic heterocycles. The molecule has 1 aliphatic heterocycles. The average molecular weight is 198 g/mol. The number of nitriles is 1. The third kappa shape index (κ3) is 1.59. The van der Waals surface area contributed by atoms with Crippen molar-refractivity contribution in [2.24, 2.45) is 5.92 Å². The first-order valence-electron chi connectivity index (χ1n) is 5.66. The highest BCUT2D eigenvalue weighted by Crippen LogP contribution is 2.39. The van der Waals surface area contributed by atoms with Crippen molar-refractivity contribution in [3.05, 3.63) is 29.3 Å². The molecule has 1 atom stereocenters. The summed E-state index contributed by atoms with van der Waals surface area (Å²) in [6.07, 6.45) is 5.18. The van der Waals surface area contributed by atoms with Crippen LogP contribution in [0.2, 0.25) is 0 Å². The van der Waals surface area contributed by atoms with E-state index < -0.39 is 0 Å². The van der Waals surface area contributed by atoms with E-state index in [1.54, 1.807) is 0 Å². The molecule has 1 heterocycles. The minimum absolute atomic E-state index is 0.659. The Labute approximate surface area is 89.9 Å².